The van der Waals surface area contributed by atoms with Gasteiger partial charge in [0.2, 0.25) is 0 Å². The molecular weight excluding hydrogens is 214 g/mol. The third kappa shape index (κ3) is 2.63. The number of rotatable bonds is 3. The highest BCUT2D eigenvalue weighted by molar-refractivity contribution is 6.33. The molecular formula is C11H14ClNO2. The topological polar surface area (TPSA) is 40.5 Å². The van der Waals surface area contributed by atoms with Crippen LogP contribution in [0.15, 0.2) is 18.2 Å². The number of hydrogen-bond acceptors (Lipinski definition) is 2. The minimum Gasteiger partial charge on any atom is -0.478 e. The molecule has 1 rings (SSSR count). The lowest BCUT2D eigenvalue weighted by atomic mass is 10.2. The molecule has 1 aromatic rings. The maximum atomic E-state index is 10.7. The molecule has 1 N–H and O–H groups in total. The van der Waals surface area contributed by atoms with Gasteiger partial charge in [-0.3, -0.25) is 0 Å². The van der Waals surface area contributed by atoms with E-state index in [2.05, 4.69) is 0 Å². The van der Waals surface area contributed by atoms with E-state index in [4.69, 9.17) is 16.7 Å². The highest BCUT2D eigenvalue weighted by Crippen LogP contribution is 2.27. The van der Waals surface area contributed by atoms with Crippen molar-refractivity contribution in [1.29, 1.82) is 0 Å². The van der Waals surface area contributed by atoms with Gasteiger partial charge in [0.05, 0.1) is 16.3 Å². The highest BCUT2D eigenvalue weighted by Gasteiger charge is 2.11. The summed E-state index contributed by atoms with van der Waals surface area (Å²) in [5, 5.41) is 9.24. The number of carbonyl (C=O) groups is 1. The van der Waals surface area contributed by atoms with Crippen molar-refractivity contribution in [3.63, 3.8) is 0 Å². The van der Waals surface area contributed by atoms with Gasteiger partial charge in [0.1, 0.15) is 0 Å². The SMILES string of the molecule is CC(C)N(C)c1ccc(C(=O)O)cc1Cl. The lowest BCUT2D eigenvalue weighted by Crippen LogP contribution is -2.25. The van der Waals surface area contributed by atoms with E-state index in [9.17, 15) is 4.79 Å². The van der Waals surface area contributed by atoms with Crippen LogP contribution in [0.25, 0.3) is 0 Å². The molecule has 0 aliphatic heterocycles. The van der Waals surface area contributed by atoms with Crippen LogP contribution in [-0.2, 0) is 0 Å². The second kappa shape index (κ2) is 4.53. The van der Waals surface area contributed by atoms with Crippen LogP contribution in [0.1, 0.15) is 24.2 Å². The van der Waals surface area contributed by atoms with E-state index in [1.54, 1.807) is 12.1 Å². The van der Waals surface area contributed by atoms with E-state index in [0.29, 0.717) is 11.1 Å². The minimum absolute atomic E-state index is 0.209. The predicted octanol–water partition coefficient (Wildman–Crippen LogP) is 2.88. The Morgan fingerprint density at radius 1 is 1.47 bits per heavy atom. The summed E-state index contributed by atoms with van der Waals surface area (Å²) in [7, 11) is 1.92. The van der Waals surface area contributed by atoms with Gasteiger partial charge in [0.15, 0.2) is 0 Å². The molecule has 0 saturated heterocycles. The first-order chi connectivity index (χ1) is 6.93. The average Bonchev–Trinajstić information content (AvgIpc) is 2.16. The Balaban J connectivity index is 3.08. The molecule has 0 aromatic heterocycles. The molecule has 0 fully saturated rings. The van der Waals surface area contributed by atoms with Crippen LogP contribution in [0.3, 0.4) is 0 Å². The minimum atomic E-state index is -0.962. The Bertz CT molecular complexity index is 377. The zero-order valence-corrected chi connectivity index (χ0v) is 9.75. The molecule has 0 aliphatic rings. The molecule has 0 amide bonds. The van der Waals surface area contributed by atoms with Crippen molar-refractivity contribution in [3.05, 3.63) is 28.8 Å². The van der Waals surface area contributed by atoms with E-state index in [-0.39, 0.29) is 5.56 Å². The van der Waals surface area contributed by atoms with Crippen LogP contribution in [0.5, 0.6) is 0 Å². The first-order valence-corrected chi connectivity index (χ1v) is 5.07. The lowest BCUT2D eigenvalue weighted by Gasteiger charge is -2.24. The van der Waals surface area contributed by atoms with Crippen molar-refractivity contribution in [3.8, 4) is 0 Å². The van der Waals surface area contributed by atoms with Gasteiger partial charge in [-0.25, -0.2) is 4.79 Å². The quantitative estimate of drug-likeness (QED) is 0.863. The second-order valence-electron chi connectivity index (χ2n) is 3.68. The summed E-state index contributed by atoms with van der Waals surface area (Å²) in [5.41, 5.74) is 1.05. The van der Waals surface area contributed by atoms with Gasteiger partial charge in [-0.05, 0) is 32.0 Å². The molecule has 3 nitrogen and oxygen atoms in total. The molecule has 1 aromatic carbocycles. The molecule has 0 saturated carbocycles. The molecule has 4 heteroatoms. The first kappa shape index (κ1) is 11.9. The maximum absolute atomic E-state index is 10.7. The van der Waals surface area contributed by atoms with Gasteiger partial charge in [0, 0.05) is 13.1 Å². The molecule has 0 bridgehead atoms. The number of hydrogen-bond donors (Lipinski definition) is 1. The maximum Gasteiger partial charge on any atom is 0.335 e. The van der Waals surface area contributed by atoms with Crippen molar-refractivity contribution in [1.82, 2.24) is 0 Å². The molecule has 15 heavy (non-hydrogen) atoms. The fourth-order valence-electron chi connectivity index (χ4n) is 1.20. The number of aromatic carboxylic acids is 1. The summed E-state index contributed by atoms with van der Waals surface area (Å²) < 4.78 is 0. The molecule has 0 unspecified atom stereocenters. The molecule has 0 heterocycles. The molecule has 0 radical (unpaired) electrons. The van der Waals surface area contributed by atoms with Crippen molar-refractivity contribution in [2.24, 2.45) is 0 Å². The number of nitrogens with zero attached hydrogens (tertiary/aromatic N) is 1. The van der Waals surface area contributed by atoms with Gasteiger partial charge >= 0.3 is 5.97 Å². The van der Waals surface area contributed by atoms with Crippen LogP contribution >= 0.6 is 11.6 Å². The normalized spacial score (nSPS) is 10.5. The third-order valence-electron chi connectivity index (χ3n) is 2.35. The van der Waals surface area contributed by atoms with Crippen LogP contribution in [-0.4, -0.2) is 24.2 Å². The smallest absolute Gasteiger partial charge is 0.335 e. The summed E-state index contributed by atoms with van der Waals surface area (Å²) in [6, 6.07) is 5.07. The Kier molecular flexibility index (Phi) is 3.58. The molecule has 0 aliphatic carbocycles. The third-order valence-corrected chi connectivity index (χ3v) is 2.65. The summed E-state index contributed by atoms with van der Waals surface area (Å²) in [4.78, 5) is 12.7. The van der Waals surface area contributed by atoms with E-state index in [1.807, 2.05) is 25.8 Å². The lowest BCUT2D eigenvalue weighted by molar-refractivity contribution is 0.0697. The standard InChI is InChI=1S/C11H14ClNO2/c1-7(2)13(3)10-5-4-8(11(14)15)6-9(10)12/h4-7H,1-3H3,(H,14,15). The number of carboxylic acid groups (broad SMARTS) is 1. The zero-order chi connectivity index (χ0) is 11.6. The van der Waals surface area contributed by atoms with Crippen molar-refractivity contribution in [2.45, 2.75) is 19.9 Å². The molecule has 0 atom stereocenters. The molecule has 0 spiro atoms. The Labute approximate surface area is 94.3 Å². The van der Waals surface area contributed by atoms with E-state index in [0.717, 1.165) is 5.69 Å². The van der Waals surface area contributed by atoms with Gasteiger partial charge < -0.3 is 10.0 Å². The van der Waals surface area contributed by atoms with Gasteiger partial charge in [-0.15, -0.1) is 0 Å². The van der Waals surface area contributed by atoms with Gasteiger partial charge in [-0.1, -0.05) is 11.6 Å². The monoisotopic (exact) mass is 227 g/mol. The van der Waals surface area contributed by atoms with Crippen molar-refractivity contribution in [2.75, 3.05) is 11.9 Å². The largest absolute Gasteiger partial charge is 0.478 e. The molecule has 82 valence electrons. The van der Waals surface area contributed by atoms with Gasteiger partial charge in [-0.2, -0.15) is 0 Å². The second-order valence-corrected chi connectivity index (χ2v) is 4.08. The number of halogens is 1. The highest BCUT2D eigenvalue weighted by atomic mass is 35.5. The van der Waals surface area contributed by atoms with E-state index < -0.39 is 5.97 Å². The van der Waals surface area contributed by atoms with Crippen LogP contribution in [0.2, 0.25) is 5.02 Å². The summed E-state index contributed by atoms with van der Waals surface area (Å²) in [6.45, 7) is 4.09. The fraction of sp³-hybridized carbons (Fsp3) is 0.364. The predicted molar refractivity (Wildman–Crippen MR) is 62.0 cm³/mol. The zero-order valence-electron chi connectivity index (χ0n) is 8.99. The number of carboxylic acids is 1. The fourth-order valence-corrected chi connectivity index (χ4v) is 1.52. The summed E-state index contributed by atoms with van der Waals surface area (Å²) in [5.74, 6) is -0.962. The Hall–Kier alpha value is -1.22. The van der Waals surface area contributed by atoms with Crippen molar-refractivity contribution < 1.29 is 9.90 Å². The van der Waals surface area contributed by atoms with Crippen LogP contribution in [0.4, 0.5) is 5.69 Å². The van der Waals surface area contributed by atoms with Gasteiger partial charge in [0.25, 0.3) is 0 Å². The van der Waals surface area contributed by atoms with Crippen molar-refractivity contribution >= 4 is 23.3 Å². The van der Waals surface area contributed by atoms with Crippen LogP contribution < -0.4 is 4.90 Å². The van der Waals surface area contributed by atoms with E-state index >= 15 is 0 Å². The summed E-state index contributed by atoms with van der Waals surface area (Å²) in [6.07, 6.45) is 0. The first-order valence-electron chi connectivity index (χ1n) is 4.69. The Morgan fingerprint density at radius 2 is 2.07 bits per heavy atom. The van der Waals surface area contributed by atoms with Crippen LogP contribution in [0, 0.1) is 0 Å². The number of anilines is 1. The average molecular weight is 228 g/mol. The number of benzene rings is 1. The van der Waals surface area contributed by atoms with E-state index in [1.165, 1.54) is 6.07 Å². The Morgan fingerprint density at radius 3 is 2.47 bits per heavy atom. The summed E-state index contributed by atoms with van der Waals surface area (Å²) >= 11 is 6.01.